The third-order valence-electron chi connectivity index (χ3n) is 9.14. The molecule has 1 amide bonds. The van der Waals surface area contributed by atoms with Crippen LogP contribution in [0.3, 0.4) is 0 Å². The van der Waals surface area contributed by atoms with E-state index in [1.807, 2.05) is 12.2 Å². The topological polar surface area (TPSA) is 169 Å². The van der Waals surface area contributed by atoms with Crippen LogP contribution in [0.4, 0.5) is 0 Å². The zero-order valence-electron chi connectivity index (χ0n) is 37.4. The molecule has 0 spiro atoms. The molecule has 0 aromatic rings. The minimum Gasteiger partial charge on any atom is -0.480 e. The molecule has 12 heteroatoms. The molecule has 11 nitrogen and oxygen atoms in total. The Kier molecular flexibility index (Phi) is 40.5. The number of ether oxygens (including phenoxy) is 1. The number of phosphoric acid groups is 1. The van der Waals surface area contributed by atoms with Crippen molar-refractivity contribution in [3.63, 3.8) is 0 Å². The van der Waals surface area contributed by atoms with Crippen molar-refractivity contribution in [2.45, 2.75) is 174 Å². The fourth-order valence-corrected chi connectivity index (χ4v) is 6.40. The average Bonchev–Trinajstić information content (AvgIpc) is 3.24. The molecule has 4 N–H and O–H groups in total. The summed E-state index contributed by atoms with van der Waals surface area (Å²) >= 11 is 0. The molecule has 0 saturated carbocycles. The van der Waals surface area contributed by atoms with Crippen molar-refractivity contribution in [2.75, 3.05) is 19.8 Å². The zero-order valence-corrected chi connectivity index (χ0v) is 38.3. The second kappa shape index (κ2) is 43.1. The van der Waals surface area contributed by atoms with Gasteiger partial charge in [-0.25, -0.2) is 9.36 Å². The summed E-state index contributed by atoms with van der Waals surface area (Å²) in [5.74, 6) is -2.57. The Labute approximate surface area is 368 Å². The van der Waals surface area contributed by atoms with Crippen molar-refractivity contribution >= 4 is 25.7 Å². The van der Waals surface area contributed by atoms with Gasteiger partial charge in [-0.3, -0.25) is 18.6 Å². The number of unbranched alkanes of at least 4 members (excludes halogenated alkanes) is 12. The van der Waals surface area contributed by atoms with Gasteiger partial charge in [-0.1, -0.05) is 169 Å². The summed E-state index contributed by atoms with van der Waals surface area (Å²) in [6, 6.07) is -1.61. The molecule has 0 radical (unpaired) electrons. The third kappa shape index (κ3) is 42.9. The van der Waals surface area contributed by atoms with Crippen LogP contribution in [-0.4, -0.2) is 64.9 Å². The van der Waals surface area contributed by atoms with Gasteiger partial charge in [0.05, 0.1) is 13.2 Å². The number of allylic oxidation sites excluding steroid dienone is 15. The minimum absolute atomic E-state index is 0.0954. The lowest BCUT2D eigenvalue weighted by molar-refractivity contribution is -0.147. The number of aliphatic hydroxyl groups excluding tert-OH is 1. The van der Waals surface area contributed by atoms with Crippen molar-refractivity contribution in [1.82, 2.24) is 5.32 Å². The molecule has 3 unspecified atom stereocenters. The lowest BCUT2D eigenvalue weighted by atomic mass is 10.1. The van der Waals surface area contributed by atoms with E-state index in [1.165, 1.54) is 44.9 Å². The smallest absolute Gasteiger partial charge is 0.472 e. The van der Waals surface area contributed by atoms with Crippen molar-refractivity contribution in [2.24, 2.45) is 0 Å². The molecule has 0 rings (SSSR count). The number of rotatable bonds is 41. The second-order valence-electron chi connectivity index (χ2n) is 14.9. The van der Waals surface area contributed by atoms with Crippen LogP contribution in [0.2, 0.25) is 0 Å². The zero-order chi connectivity index (χ0) is 44.9. The summed E-state index contributed by atoms with van der Waals surface area (Å²) < 4.78 is 26.8. The average molecular weight is 874 g/mol. The molecule has 61 heavy (non-hydrogen) atoms. The summed E-state index contributed by atoms with van der Waals surface area (Å²) in [4.78, 5) is 45.9. The van der Waals surface area contributed by atoms with Crippen LogP contribution in [0.25, 0.3) is 0 Å². The highest BCUT2D eigenvalue weighted by atomic mass is 31.2. The number of hydrogen-bond donors (Lipinski definition) is 4. The molecule has 346 valence electrons. The molecule has 0 aromatic carbocycles. The monoisotopic (exact) mass is 874 g/mol. The maximum absolute atomic E-state index is 12.3. The molecular formula is C49H80NO10P. The first-order valence-electron chi connectivity index (χ1n) is 22.8. The van der Waals surface area contributed by atoms with Crippen molar-refractivity contribution < 1.29 is 47.8 Å². The van der Waals surface area contributed by atoms with Gasteiger partial charge in [0.25, 0.3) is 0 Å². The second-order valence-corrected chi connectivity index (χ2v) is 16.3. The highest BCUT2D eigenvalue weighted by molar-refractivity contribution is 7.47. The Bertz CT molecular complexity index is 1400. The van der Waals surface area contributed by atoms with E-state index in [-0.39, 0.29) is 12.8 Å². The molecule has 0 aliphatic carbocycles. The summed E-state index contributed by atoms with van der Waals surface area (Å²) in [5.41, 5.74) is 0. The predicted molar refractivity (Wildman–Crippen MR) is 249 cm³/mol. The van der Waals surface area contributed by atoms with Crippen LogP contribution >= 0.6 is 7.82 Å². The Morgan fingerprint density at radius 1 is 0.557 bits per heavy atom. The first kappa shape index (κ1) is 57.4. The number of carboxylic acids is 1. The van der Waals surface area contributed by atoms with E-state index in [9.17, 15) is 34.1 Å². The molecule has 0 heterocycles. The third-order valence-corrected chi connectivity index (χ3v) is 10.1. The number of aliphatic hydroxyl groups is 1. The van der Waals surface area contributed by atoms with Gasteiger partial charge in [0.15, 0.2) is 6.04 Å². The van der Waals surface area contributed by atoms with Crippen molar-refractivity contribution in [1.29, 1.82) is 0 Å². The van der Waals surface area contributed by atoms with Gasteiger partial charge in [-0.05, 0) is 77.0 Å². The Balaban J connectivity index is 4.06. The van der Waals surface area contributed by atoms with Crippen LogP contribution in [0.15, 0.2) is 97.2 Å². The summed E-state index contributed by atoms with van der Waals surface area (Å²) in [5, 5.41) is 21.8. The molecule has 0 saturated heterocycles. The van der Waals surface area contributed by atoms with E-state index in [1.54, 1.807) is 12.2 Å². The first-order chi connectivity index (χ1) is 29.6. The van der Waals surface area contributed by atoms with E-state index in [0.717, 1.165) is 77.0 Å². The number of amides is 1. The SMILES string of the molecule is CC/C=C\C/C=C\C/C=C\C/C=C\C/C=C\C/C=C\C/C=C\CC(=O)NC(COP(=O)(O)OCC(O)COC(=O)CCCCCCC/C=C\CCCCCCCCC)C(=O)O. The maximum atomic E-state index is 12.3. The van der Waals surface area contributed by atoms with Crippen LogP contribution < -0.4 is 5.32 Å². The van der Waals surface area contributed by atoms with Gasteiger partial charge in [-0.2, -0.15) is 0 Å². The molecular weight excluding hydrogens is 794 g/mol. The summed E-state index contributed by atoms with van der Waals surface area (Å²) in [6.07, 6.45) is 54.6. The lowest BCUT2D eigenvalue weighted by Gasteiger charge is -2.18. The van der Waals surface area contributed by atoms with Crippen LogP contribution in [0, 0.1) is 0 Å². The number of phosphoric ester groups is 1. The summed E-state index contributed by atoms with van der Waals surface area (Å²) in [7, 11) is -4.79. The maximum Gasteiger partial charge on any atom is 0.472 e. The number of esters is 1. The Hall–Kier alpha value is -3.60. The van der Waals surface area contributed by atoms with Crippen molar-refractivity contribution in [3.05, 3.63) is 97.2 Å². The molecule has 0 fully saturated rings. The highest BCUT2D eigenvalue weighted by Gasteiger charge is 2.28. The van der Waals surface area contributed by atoms with Gasteiger partial charge in [0.2, 0.25) is 5.91 Å². The van der Waals surface area contributed by atoms with E-state index in [4.69, 9.17) is 13.8 Å². The molecule has 0 bridgehead atoms. The molecule has 0 aliphatic heterocycles. The number of nitrogens with one attached hydrogen (secondary N) is 1. The Morgan fingerprint density at radius 3 is 1.46 bits per heavy atom. The van der Waals surface area contributed by atoms with Crippen LogP contribution in [0.1, 0.15) is 162 Å². The number of carboxylic acid groups (broad SMARTS) is 1. The van der Waals surface area contributed by atoms with Gasteiger partial charge in [-0.15, -0.1) is 0 Å². The highest BCUT2D eigenvalue weighted by Crippen LogP contribution is 2.43. The lowest BCUT2D eigenvalue weighted by Crippen LogP contribution is -2.43. The van der Waals surface area contributed by atoms with Gasteiger partial charge >= 0.3 is 19.8 Å². The van der Waals surface area contributed by atoms with Crippen LogP contribution in [-0.2, 0) is 32.7 Å². The quantitative estimate of drug-likeness (QED) is 0.0201. The standard InChI is InChI=1S/C49H80NO10P/c1-3-5-7-9-11-13-15-17-19-21-22-23-24-25-26-28-30-32-34-36-38-40-47(52)50-46(49(54)55)44-60-61(56,57)59-43-45(51)42-58-48(53)41-39-37-35-33-31-29-27-20-18-16-14-12-10-8-6-4-2/h5,7,11,13,17,19-20,22-23,25-27,30,32,36,38,45-46,51H,3-4,6,8-10,12,14-16,18,21,24,28-29,31,33-35,37,39-44H2,1-2H3,(H,50,52)(H,54,55)(H,56,57)/b7-5-,13-11-,19-17-,23-22-,26-25-,27-20-,32-30-,38-36-. The fraction of sp³-hybridized carbons (Fsp3) is 0.612. The molecule has 0 aliphatic rings. The number of hydrogen-bond acceptors (Lipinski definition) is 8. The van der Waals surface area contributed by atoms with E-state index < -0.39 is 57.6 Å². The normalized spacial score (nSPS) is 14.6. The molecule has 3 atom stereocenters. The Morgan fingerprint density at radius 2 is 0.984 bits per heavy atom. The number of aliphatic carboxylic acids is 1. The predicted octanol–water partition coefficient (Wildman–Crippen LogP) is 12.1. The minimum atomic E-state index is -4.79. The van der Waals surface area contributed by atoms with Crippen LogP contribution in [0.5, 0.6) is 0 Å². The summed E-state index contributed by atoms with van der Waals surface area (Å²) in [6.45, 7) is 2.39. The van der Waals surface area contributed by atoms with E-state index >= 15 is 0 Å². The molecule has 0 aromatic heterocycles. The van der Waals surface area contributed by atoms with Gasteiger partial charge in [0.1, 0.15) is 12.7 Å². The van der Waals surface area contributed by atoms with Gasteiger partial charge < -0.3 is 25.2 Å². The van der Waals surface area contributed by atoms with E-state index in [2.05, 4.69) is 92.1 Å². The number of carbonyl (C=O) groups excluding carboxylic acids is 2. The van der Waals surface area contributed by atoms with E-state index in [0.29, 0.717) is 12.8 Å². The number of carbonyl (C=O) groups is 3. The van der Waals surface area contributed by atoms with Gasteiger partial charge in [0, 0.05) is 12.8 Å². The van der Waals surface area contributed by atoms with Crippen molar-refractivity contribution in [3.8, 4) is 0 Å². The fourth-order valence-electron chi connectivity index (χ4n) is 5.62. The first-order valence-corrected chi connectivity index (χ1v) is 24.3. The largest absolute Gasteiger partial charge is 0.480 e.